The van der Waals surface area contributed by atoms with Gasteiger partial charge < -0.3 is 9.47 Å². The maximum absolute atomic E-state index is 13.0. The molecule has 0 amide bonds. The van der Waals surface area contributed by atoms with Crippen LogP contribution in [0.15, 0.2) is 29.8 Å². The Labute approximate surface area is 154 Å². The number of hydrogen-bond donors (Lipinski definition) is 0. The van der Waals surface area contributed by atoms with E-state index >= 15 is 0 Å². The standard InChI is InChI=1S/C18H15ClFNO3S/c1-3-23-18(22)12(9-21)6-15-7-13(11(2)25-15)10-24-17-5-4-14(20)8-16(17)19/h4-8H,3,10H2,1-2H3. The van der Waals surface area contributed by atoms with Gasteiger partial charge in [0.15, 0.2) is 0 Å². The SMILES string of the molecule is CCOC(=O)C(C#N)=Cc1cc(COc2ccc(F)cc2Cl)c(C)s1. The Balaban J connectivity index is 2.14. The molecular weight excluding hydrogens is 365 g/mol. The van der Waals surface area contributed by atoms with Crippen LogP contribution in [0, 0.1) is 24.1 Å². The van der Waals surface area contributed by atoms with Crippen LogP contribution in [0.3, 0.4) is 0 Å². The van der Waals surface area contributed by atoms with Crippen LogP contribution in [0.1, 0.15) is 22.2 Å². The Bertz CT molecular complexity index is 854. The van der Waals surface area contributed by atoms with E-state index < -0.39 is 11.8 Å². The predicted molar refractivity (Wildman–Crippen MR) is 95.0 cm³/mol. The molecule has 0 aliphatic carbocycles. The number of nitrogens with zero attached hydrogens (tertiary/aromatic N) is 1. The molecule has 2 aromatic rings. The molecule has 1 aromatic heterocycles. The summed E-state index contributed by atoms with van der Waals surface area (Å²) in [6.07, 6.45) is 1.49. The molecule has 0 aliphatic heterocycles. The highest BCUT2D eigenvalue weighted by molar-refractivity contribution is 7.13. The Hall–Kier alpha value is -2.36. The number of aryl methyl sites for hydroxylation is 1. The van der Waals surface area contributed by atoms with Gasteiger partial charge in [0.05, 0.1) is 11.6 Å². The number of esters is 1. The van der Waals surface area contributed by atoms with Gasteiger partial charge in [-0.1, -0.05) is 11.6 Å². The molecule has 7 heteroatoms. The summed E-state index contributed by atoms with van der Waals surface area (Å²) in [6, 6.07) is 7.59. The lowest BCUT2D eigenvalue weighted by atomic mass is 10.2. The molecule has 0 unspecified atom stereocenters. The zero-order valence-electron chi connectivity index (χ0n) is 13.6. The summed E-state index contributed by atoms with van der Waals surface area (Å²) >= 11 is 7.36. The molecule has 0 N–H and O–H groups in total. The van der Waals surface area contributed by atoms with Crippen LogP contribution in [0.4, 0.5) is 4.39 Å². The van der Waals surface area contributed by atoms with Gasteiger partial charge in [0, 0.05) is 15.3 Å². The zero-order chi connectivity index (χ0) is 18.4. The highest BCUT2D eigenvalue weighted by Crippen LogP contribution is 2.28. The lowest BCUT2D eigenvalue weighted by molar-refractivity contribution is -0.137. The molecule has 0 saturated carbocycles. The number of ether oxygens (including phenoxy) is 2. The van der Waals surface area contributed by atoms with Crippen molar-refractivity contribution in [2.45, 2.75) is 20.5 Å². The van der Waals surface area contributed by atoms with E-state index in [0.29, 0.717) is 5.75 Å². The van der Waals surface area contributed by atoms with Crippen molar-refractivity contribution in [2.24, 2.45) is 0 Å². The van der Waals surface area contributed by atoms with Crippen molar-refractivity contribution in [3.8, 4) is 11.8 Å². The smallest absolute Gasteiger partial charge is 0.348 e. The molecule has 0 saturated heterocycles. The van der Waals surface area contributed by atoms with Crippen LogP contribution in [0.25, 0.3) is 6.08 Å². The average Bonchev–Trinajstić information content (AvgIpc) is 2.91. The molecule has 25 heavy (non-hydrogen) atoms. The Morgan fingerprint density at radius 3 is 2.84 bits per heavy atom. The lowest BCUT2D eigenvalue weighted by Gasteiger charge is -2.07. The van der Waals surface area contributed by atoms with E-state index in [1.807, 2.05) is 19.1 Å². The van der Waals surface area contributed by atoms with Gasteiger partial charge in [-0.25, -0.2) is 9.18 Å². The van der Waals surface area contributed by atoms with Gasteiger partial charge in [0.2, 0.25) is 0 Å². The summed E-state index contributed by atoms with van der Waals surface area (Å²) in [6.45, 7) is 4.03. The van der Waals surface area contributed by atoms with Gasteiger partial charge in [-0.05, 0) is 44.2 Å². The number of hydrogen-bond acceptors (Lipinski definition) is 5. The van der Waals surface area contributed by atoms with Crippen molar-refractivity contribution >= 4 is 35.0 Å². The van der Waals surface area contributed by atoms with E-state index in [4.69, 9.17) is 26.3 Å². The summed E-state index contributed by atoms with van der Waals surface area (Å²) in [5.74, 6) is -0.693. The molecule has 0 aliphatic rings. The fraction of sp³-hybridized carbons (Fsp3) is 0.222. The maximum atomic E-state index is 13.0. The highest BCUT2D eigenvalue weighted by atomic mass is 35.5. The Morgan fingerprint density at radius 1 is 1.44 bits per heavy atom. The molecule has 0 bridgehead atoms. The molecule has 0 fully saturated rings. The van der Waals surface area contributed by atoms with Crippen molar-refractivity contribution in [3.63, 3.8) is 0 Å². The van der Waals surface area contributed by atoms with E-state index in [2.05, 4.69) is 0 Å². The van der Waals surface area contributed by atoms with Crippen LogP contribution in [-0.4, -0.2) is 12.6 Å². The third-order valence-corrected chi connectivity index (χ3v) is 4.55. The topological polar surface area (TPSA) is 59.3 Å². The van der Waals surface area contributed by atoms with Gasteiger partial charge in [-0.15, -0.1) is 11.3 Å². The van der Waals surface area contributed by atoms with E-state index in [0.717, 1.165) is 15.3 Å². The minimum atomic E-state index is -0.646. The van der Waals surface area contributed by atoms with Crippen LogP contribution in [-0.2, 0) is 16.1 Å². The molecule has 2 rings (SSSR count). The van der Waals surface area contributed by atoms with Crippen LogP contribution in [0.5, 0.6) is 5.75 Å². The number of halogens is 2. The third-order valence-electron chi connectivity index (χ3n) is 3.22. The van der Waals surface area contributed by atoms with Crippen molar-refractivity contribution < 1.29 is 18.7 Å². The first-order chi connectivity index (χ1) is 11.9. The highest BCUT2D eigenvalue weighted by Gasteiger charge is 2.12. The third kappa shape index (κ3) is 5.05. The van der Waals surface area contributed by atoms with Gasteiger partial charge in [-0.3, -0.25) is 0 Å². The van der Waals surface area contributed by atoms with E-state index in [9.17, 15) is 9.18 Å². The monoisotopic (exact) mass is 379 g/mol. The number of benzene rings is 1. The predicted octanol–water partition coefficient (Wildman–Crippen LogP) is 4.90. The number of rotatable bonds is 6. The molecule has 1 aromatic carbocycles. The fourth-order valence-electron chi connectivity index (χ4n) is 2.00. The van der Waals surface area contributed by atoms with E-state index in [1.165, 1.54) is 35.6 Å². The van der Waals surface area contributed by atoms with E-state index in [-0.39, 0.29) is 23.8 Å². The molecular formula is C18H15ClFNO3S. The second-order valence-electron chi connectivity index (χ2n) is 4.98. The normalized spacial score (nSPS) is 11.1. The van der Waals surface area contributed by atoms with Crippen LogP contribution in [0.2, 0.25) is 5.02 Å². The quantitative estimate of drug-likeness (QED) is 0.407. The maximum Gasteiger partial charge on any atom is 0.348 e. The first kappa shape index (κ1) is 19.0. The van der Waals surface area contributed by atoms with Crippen LogP contribution < -0.4 is 4.74 Å². The Kier molecular flexibility index (Phi) is 6.57. The molecule has 130 valence electrons. The van der Waals surface area contributed by atoms with Crippen molar-refractivity contribution in [1.82, 2.24) is 0 Å². The molecule has 0 radical (unpaired) electrons. The van der Waals surface area contributed by atoms with Gasteiger partial charge in [-0.2, -0.15) is 5.26 Å². The van der Waals surface area contributed by atoms with Crippen LogP contribution >= 0.6 is 22.9 Å². The van der Waals surface area contributed by atoms with E-state index in [1.54, 1.807) is 6.92 Å². The van der Waals surface area contributed by atoms with Crippen molar-refractivity contribution in [2.75, 3.05) is 6.61 Å². The number of carbonyl (C=O) groups is 1. The first-order valence-corrected chi connectivity index (χ1v) is 8.60. The summed E-state index contributed by atoms with van der Waals surface area (Å²) in [4.78, 5) is 13.4. The van der Waals surface area contributed by atoms with Gasteiger partial charge in [0.1, 0.15) is 29.8 Å². The summed E-state index contributed by atoms with van der Waals surface area (Å²) < 4.78 is 23.5. The minimum Gasteiger partial charge on any atom is -0.487 e. The fourth-order valence-corrected chi connectivity index (χ4v) is 3.20. The number of thiophene rings is 1. The molecule has 0 atom stereocenters. The summed E-state index contributed by atoms with van der Waals surface area (Å²) in [7, 11) is 0. The summed E-state index contributed by atoms with van der Waals surface area (Å²) in [5.41, 5.74) is 0.829. The largest absolute Gasteiger partial charge is 0.487 e. The number of nitriles is 1. The summed E-state index contributed by atoms with van der Waals surface area (Å²) in [5, 5.41) is 9.28. The molecule has 4 nitrogen and oxygen atoms in total. The average molecular weight is 380 g/mol. The second-order valence-corrected chi connectivity index (χ2v) is 6.68. The molecule has 0 spiro atoms. The minimum absolute atomic E-state index is 0.0582. The Morgan fingerprint density at radius 2 is 2.20 bits per heavy atom. The first-order valence-electron chi connectivity index (χ1n) is 7.40. The zero-order valence-corrected chi connectivity index (χ0v) is 15.2. The molecule has 1 heterocycles. The van der Waals surface area contributed by atoms with Crippen molar-refractivity contribution in [1.29, 1.82) is 5.26 Å². The van der Waals surface area contributed by atoms with Gasteiger partial charge in [0.25, 0.3) is 0 Å². The van der Waals surface area contributed by atoms with Gasteiger partial charge >= 0.3 is 5.97 Å². The second kappa shape index (κ2) is 8.65. The lowest BCUT2D eigenvalue weighted by Crippen LogP contribution is -2.05. The van der Waals surface area contributed by atoms with Crippen molar-refractivity contribution in [3.05, 3.63) is 56.0 Å². The number of carbonyl (C=O) groups excluding carboxylic acids is 1.